The molecule has 0 heterocycles. The lowest BCUT2D eigenvalue weighted by Gasteiger charge is -2.22. The Kier molecular flexibility index (Phi) is 6.15. The highest BCUT2D eigenvalue weighted by Gasteiger charge is 2.25. The van der Waals surface area contributed by atoms with Crippen LogP contribution in [0.25, 0.3) is 0 Å². The maximum absolute atomic E-state index is 11.4. The van der Waals surface area contributed by atoms with Gasteiger partial charge in [-0.1, -0.05) is 0 Å². The molecule has 0 saturated carbocycles. The van der Waals surface area contributed by atoms with E-state index in [2.05, 4.69) is 10.1 Å². The Labute approximate surface area is 103 Å². The first kappa shape index (κ1) is 15.9. The van der Waals surface area contributed by atoms with Crippen LogP contribution < -0.4 is 5.32 Å². The van der Waals surface area contributed by atoms with E-state index < -0.39 is 34.5 Å². The van der Waals surface area contributed by atoms with Crippen LogP contribution in [0.15, 0.2) is 0 Å². The van der Waals surface area contributed by atoms with Crippen molar-refractivity contribution in [2.75, 3.05) is 19.1 Å². The summed E-state index contributed by atoms with van der Waals surface area (Å²) in [5.74, 6) is -0.655. The van der Waals surface area contributed by atoms with Crippen LogP contribution in [-0.4, -0.2) is 47.0 Å². The fraction of sp³-hybridized carbons (Fsp3) is 0.800. The summed E-state index contributed by atoms with van der Waals surface area (Å²) in [6.45, 7) is 5.12. The quantitative estimate of drug-likeness (QED) is 0.745. The Bertz CT molecular complexity index is 310. The SMILES string of the molecule is COC(=O)[C@H](C[S@](C)=O)NC(=O)OC(C)(C)C. The first-order chi connectivity index (χ1) is 7.65. The predicted octanol–water partition coefficient (Wildman–Crippen LogP) is 0.431. The average Bonchev–Trinajstić information content (AvgIpc) is 2.11. The molecule has 0 aliphatic carbocycles. The molecule has 0 aromatic rings. The Morgan fingerprint density at radius 1 is 1.35 bits per heavy atom. The van der Waals surface area contributed by atoms with Gasteiger partial charge in [-0.3, -0.25) is 4.21 Å². The van der Waals surface area contributed by atoms with Crippen molar-refractivity contribution in [1.29, 1.82) is 0 Å². The van der Waals surface area contributed by atoms with Crippen molar-refractivity contribution in [3.05, 3.63) is 0 Å². The van der Waals surface area contributed by atoms with Gasteiger partial charge in [0.05, 0.1) is 12.9 Å². The van der Waals surface area contributed by atoms with E-state index >= 15 is 0 Å². The second-order valence-corrected chi connectivity index (χ2v) is 5.94. The Balaban J connectivity index is 4.48. The van der Waals surface area contributed by atoms with Crippen LogP contribution in [0.5, 0.6) is 0 Å². The molecule has 0 aliphatic rings. The van der Waals surface area contributed by atoms with Crippen molar-refractivity contribution < 1.29 is 23.3 Å². The highest BCUT2D eigenvalue weighted by atomic mass is 32.2. The summed E-state index contributed by atoms with van der Waals surface area (Å²) in [7, 11) is -0.0294. The molecule has 0 radical (unpaired) electrons. The number of alkyl carbamates (subject to hydrolysis) is 1. The summed E-state index contributed by atoms with van der Waals surface area (Å²) in [5, 5.41) is 2.33. The van der Waals surface area contributed by atoms with E-state index in [4.69, 9.17) is 4.74 Å². The maximum atomic E-state index is 11.4. The van der Waals surface area contributed by atoms with Gasteiger partial charge in [-0.05, 0) is 20.8 Å². The van der Waals surface area contributed by atoms with Gasteiger partial charge in [0, 0.05) is 17.1 Å². The molecule has 6 nitrogen and oxygen atoms in total. The molecule has 0 spiro atoms. The average molecular weight is 265 g/mol. The Hall–Kier alpha value is -1.11. The summed E-state index contributed by atoms with van der Waals surface area (Å²) in [4.78, 5) is 22.8. The highest BCUT2D eigenvalue weighted by molar-refractivity contribution is 7.84. The van der Waals surface area contributed by atoms with Crippen LogP contribution in [0.3, 0.4) is 0 Å². The van der Waals surface area contributed by atoms with Gasteiger partial charge in [0.1, 0.15) is 11.6 Å². The van der Waals surface area contributed by atoms with Gasteiger partial charge in [0.2, 0.25) is 0 Å². The van der Waals surface area contributed by atoms with Crippen LogP contribution in [0.4, 0.5) is 4.79 Å². The molecular weight excluding hydrogens is 246 g/mol. The number of hydrogen-bond acceptors (Lipinski definition) is 5. The van der Waals surface area contributed by atoms with Gasteiger partial charge < -0.3 is 14.8 Å². The zero-order valence-electron chi connectivity index (χ0n) is 10.7. The molecule has 100 valence electrons. The zero-order valence-corrected chi connectivity index (χ0v) is 11.6. The number of esters is 1. The molecule has 0 aromatic carbocycles. The first-order valence-electron chi connectivity index (χ1n) is 5.03. The van der Waals surface area contributed by atoms with E-state index in [1.165, 1.54) is 13.4 Å². The van der Waals surface area contributed by atoms with Gasteiger partial charge in [0.15, 0.2) is 0 Å². The summed E-state index contributed by atoms with van der Waals surface area (Å²) >= 11 is 0. The molecule has 0 saturated heterocycles. The maximum Gasteiger partial charge on any atom is 0.408 e. The number of hydrogen-bond donors (Lipinski definition) is 1. The minimum Gasteiger partial charge on any atom is -0.467 e. The number of methoxy groups -OCH3 is 1. The number of amides is 1. The molecule has 7 heteroatoms. The second kappa shape index (κ2) is 6.58. The lowest BCUT2D eigenvalue weighted by molar-refractivity contribution is -0.142. The van der Waals surface area contributed by atoms with E-state index in [1.54, 1.807) is 20.8 Å². The van der Waals surface area contributed by atoms with Crippen molar-refractivity contribution in [1.82, 2.24) is 5.32 Å². The topological polar surface area (TPSA) is 81.7 Å². The van der Waals surface area contributed by atoms with Crippen LogP contribution in [0.2, 0.25) is 0 Å². The van der Waals surface area contributed by atoms with Gasteiger partial charge in [-0.25, -0.2) is 9.59 Å². The summed E-state index contributed by atoms with van der Waals surface area (Å²) in [6, 6.07) is -0.958. The van der Waals surface area contributed by atoms with Crippen LogP contribution >= 0.6 is 0 Å². The molecule has 0 aliphatic heterocycles. The third kappa shape index (κ3) is 7.73. The second-order valence-electron chi connectivity index (χ2n) is 4.46. The standard InChI is InChI=1S/C10H19NO5S/c1-10(2,3)16-9(13)11-7(6-17(5)14)8(12)15-4/h7H,6H2,1-5H3,(H,11,13)/t7-,17-/m0/s1. The predicted molar refractivity (Wildman–Crippen MR) is 64.1 cm³/mol. The molecule has 1 amide bonds. The van der Waals surface area contributed by atoms with Gasteiger partial charge in [-0.2, -0.15) is 0 Å². The van der Waals surface area contributed by atoms with Crippen molar-refractivity contribution in [3.8, 4) is 0 Å². The van der Waals surface area contributed by atoms with E-state index in [0.717, 1.165) is 0 Å². The molecule has 0 aromatic heterocycles. The first-order valence-corrected chi connectivity index (χ1v) is 6.76. The lowest BCUT2D eigenvalue weighted by atomic mass is 10.2. The van der Waals surface area contributed by atoms with E-state index in [0.29, 0.717) is 0 Å². The fourth-order valence-corrected chi connectivity index (χ4v) is 1.68. The lowest BCUT2D eigenvalue weighted by Crippen LogP contribution is -2.46. The number of ether oxygens (including phenoxy) is 2. The molecule has 0 rings (SSSR count). The minimum absolute atomic E-state index is 0.00802. The van der Waals surface area contributed by atoms with Gasteiger partial charge in [-0.15, -0.1) is 0 Å². The summed E-state index contributed by atoms with van der Waals surface area (Å²) in [6.07, 6.45) is 0.700. The number of rotatable bonds is 4. The normalized spacial score (nSPS) is 14.6. The van der Waals surface area contributed by atoms with Crippen LogP contribution in [0.1, 0.15) is 20.8 Å². The van der Waals surface area contributed by atoms with Crippen molar-refractivity contribution >= 4 is 22.9 Å². The molecule has 0 bridgehead atoms. The minimum atomic E-state index is -1.23. The van der Waals surface area contributed by atoms with E-state index in [-0.39, 0.29) is 5.75 Å². The Morgan fingerprint density at radius 2 is 1.88 bits per heavy atom. The van der Waals surface area contributed by atoms with Crippen LogP contribution in [-0.2, 0) is 25.1 Å². The van der Waals surface area contributed by atoms with Crippen molar-refractivity contribution in [2.24, 2.45) is 0 Å². The fourth-order valence-electron chi connectivity index (χ4n) is 0.995. The monoisotopic (exact) mass is 265 g/mol. The number of nitrogens with one attached hydrogen (secondary N) is 1. The molecule has 1 N–H and O–H groups in total. The molecular formula is C10H19NO5S. The Morgan fingerprint density at radius 3 is 2.24 bits per heavy atom. The highest BCUT2D eigenvalue weighted by Crippen LogP contribution is 2.07. The van der Waals surface area contributed by atoms with Crippen molar-refractivity contribution in [3.63, 3.8) is 0 Å². The van der Waals surface area contributed by atoms with Crippen molar-refractivity contribution in [2.45, 2.75) is 32.4 Å². The number of carbonyl (C=O) groups is 2. The zero-order chi connectivity index (χ0) is 13.6. The third-order valence-corrected chi connectivity index (χ3v) is 2.38. The van der Waals surface area contributed by atoms with E-state index in [9.17, 15) is 13.8 Å². The van der Waals surface area contributed by atoms with Gasteiger partial charge >= 0.3 is 12.1 Å². The smallest absolute Gasteiger partial charge is 0.408 e. The van der Waals surface area contributed by atoms with Gasteiger partial charge in [0.25, 0.3) is 0 Å². The summed E-state index contributed by atoms with van der Waals surface area (Å²) in [5.41, 5.74) is -0.657. The molecule has 0 fully saturated rings. The molecule has 17 heavy (non-hydrogen) atoms. The summed E-state index contributed by atoms with van der Waals surface area (Å²) < 4.78 is 20.5. The molecule has 0 unspecified atom stereocenters. The molecule has 2 atom stereocenters. The largest absolute Gasteiger partial charge is 0.467 e. The third-order valence-electron chi connectivity index (χ3n) is 1.58. The number of carbonyl (C=O) groups excluding carboxylic acids is 2. The van der Waals surface area contributed by atoms with E-state index in [1.807, 2.05) is 0 Å². The van der Waals surface area contributed by atoms with Crippen LogP contribution in [0, 0.1) is 0 Å².